The Morgan fingerprint density at radius 3 is 2.71 bits per heavy atom. The van der Waals surface area contributed by atoms with Crippen LogP contribution in [0.4, 0.5) is 8.78 Å². The van der Waals surface area contributed by atoms with Gasteiger partial charge in [-0.25, -0.2) is 0 Å². The maximum absolute atomic E-state index is 12.4. The SMILES string of the molecule is COc1cc(C(=O)NC2(CC(=O)O)CCOC2)ccc1OC(F)F. The molecule has 1 saturated heterocycles. The predicted molar refractivity (Wildman–Crippen MR) is 77.5 cm³/mol. The lowest BCUT2D eigenvalue weighted by atomic mass is 9.93. The number of hydrogen-bond donors (Lipinski definition) is 2. The Morgan fingerprint density at radius 2 is 2.17 bits per heavy atom. The molecule has 1 aromatic carbocycles. The van der Waals surface area contributed by atoms with Crippen molar-refractivity contribution in [3.8, 4) is 11.5 Å². The summed E-state index contributed by atoms with van der Waals surface area (Å²) in [4.78, 5) is 23.4. The fourth-order valence-electron chi connectivity index (χ4n) is 2.49. The van der Waals surface area contributed by atoms with Crippen molar-refractivity contribution in [2.24, 2.45) is 0 Å². The van der Waals surface area contributed by atoms with Gasteiger partial charge < -0.3 is 24.6 Å². The lowest BCUT2D eigenvalue weighted by molar-refractivity contribution is -0.138. The van der Waals surface area contributed by atoms with Gasteiger partial charge in [0.2, 0.25) is 0 Å². The van der Waals surface area contributed by atoms with Crippen molar-refractivity contribution < 1.29 is 37.7 Å². The van der Waals surface area contributed by atoms with E-state index >= 15 is 0 Å². The second kappa shape index (κ2) is 7.43. The second-order valence-electron chi connectivity index (χ2n) is 5.35. The smallest absolute Gasteiger partial charge is 0.387 e. The Labute approximate surface area is 136 Å². The van der Waals surface area contributed by atoms with Gasteiger partial charge in [0.1, 0.15) is 0 Å². The molecule has 2 N–H and O–H groups in total. The maximum atomic E-state index is 12.4. The summed E-state index contributed by atoms with van der Waals surface area (Å²) in [7, 11) is 1.26. The Hall–Kier alpha value is -2.42. The molecule has 9 heteroatoms. The van der Waals surface area contributed by atoms with Crippen LogP contribution in [0.2, 0.25) is 0 Å². The maximum Gasteiger partial charge on any atom is 0.387 e. The zero-order valence-electron chi connectivity index (χ0n) is 12.9. The number of hydrogen-bond acceptors (Lipinski definition) is 5. The van der Waals surface area contributed by atoms with Gasteiger partial charge in [0.25, 0.3) is 5.91 Å². The average Bonchev–Trinajstić information content (AvgIpc) is 2.94. The summed E-state index contributed by atoms with van der Waals surface area (Å²) in [6.07, 6.45) is 0.0944. The fourth-order valence-corrected chi connectivity index (χ4v) is 2.49. The van der Waals surface area contributed by atoms with Gasteiger partial charge in [-0.3, -0.25) is 9.59 Å². The molecule has 0 radical (unpaired) electrons. The third-order valence-electron chi connectivity index (χ3n) is 3.61. The number of carbonyl (C=O) groups excluding carboxylic acids is 1. The first-order valence-corrected chi connectivity index (χ1v) is 7.10. The van der Waals surface area contributed by atoms with Crippen molar-refractivity contribution in [1.82, 2.24) is 5.32 Å². The Bertz CT molecular complexity index is 616. The first-order chi connectivity index (χ1) is 11.3. The Kier molecular flexibility index (Phi) is 5.55. The Balaban J connectivity index is 2.18. The van der Waals surface area contributed by atoms with Gasteiger partial charge in [0, 0.05) is 12.2 Å². The van der Waals surface area contributed by atoms with Gasteiger partial charge in [-0.15, -0.1) is 0 Å². The largest absolute Gasteiger partial charge is 0.493 e. The van der Waals surface area contributed by atoms with E-state index in [-0.39, 0.29) is 30.1 Å². The average molecular weight is 345 g/mol. The number of carbonyl (C=O) groups is 2. The molecule has 1 amide bonds. The molecule has 132 valence electrons. The van der Waals surface area contributed by atoms with Crippen LogP contribution < -0.4 is 14.8 Å². The number of nitrogens with one attached hydrogen (secondary N) is 1. The van der Waals surface area contributed by atoms with Crippen molar-refractivity contribution in [2.45, 2.75) is 25.0 Å². The highest BCUT2D eigenvalue weighted by Crippen LogP contribution is 2.30. The van der Waals surface area contributed by atoms with Crippen LogP contribution in [0.15, 0.2) is 18.2 Å². The van der Waals surface area contributed by atoms with Crippen LogP contribution in [-0.4, -0.2) is 49.5 Å². The number of carboxylic acids is 1. The number of methoxy groups -OCH3 is 1. The molecule has 0 bridgehead atoms. The minimum atomic E-state index is -3.02. The van der Waals surface area contributed by atoms with Gasteiger partial charge >= 0.3 is 12.6 Å². The molecule has 1 heterocycles. The third kappa shape index (κ3) is 4.31. The number of alkyl halides is 2. The van der Waals surface area contributed by atoms with Crippen molar-refractivity contribution in [2.75, 3.05) is 20.3 Å². The zero-order valence-corrected chi connectivity index (χ0v) is 12.9. The first-order valence-electron chi connectivity index (χ1n) is 7.10. The van der Waals surface area contributed by atoms with Gasteiger partial charge in [0.05, 0.1) is 25.7 Å². The molecule has 1 unspecified atom stereocenters. The van der Waals surface area contributed by atoms with E-state index in [1.54, 1.807) is 0 Å². The van der Waals surface area contributed by atoms with E-state index in [4.69, 9.17) is 14.6 Å². The van der Waals surface area contributed by atoms with Crippen molar-refractivity contribution in [1.29, 1.82) is 0 Å². The van der Waals surface area contributed by atoms with E-state index in [2.05, 4.69) is 10.1 Å². The van der Waals surface area contributed by atoms with E-state index in [1.807, 2.05) is 0 Å². The van der Waals surface area contributed by atoms with Crippen LogP contribution in [0.5, 0.6) is 11.5 Å². The molecule has 1 aliphatic rings. The van der Waals surface area contributed by atoms with Crippen molar-refractivity contribution in [3.05, 3.63) is 23.8 Å². The number of halogens is 2. The first kappa shape index (κ1) is 17.9. The van der Waals surface area contributed by atoms with Crippen LogP contribution in [0.3, 0.4) is 0 Å². The molecule has 2 rings (SSSR count). The molecule has 1 aromatic rings. The molecule has 7 nitrogen and oxygen atoms in total. The lowest BCUT2D eigenvalue weighted by Crippen LogP contribution is -2.50. The molecule has 0 aromatic heterocycles. The number of rotatable bonds is 7. The van der Waals surface area contributed by atoms with E-state index < -0.39 is 24.0 Å². The standard InChI is InChI=1S/C15H17F2NO6/c1-22-11-6-9(2-3-10(11)24-14(16)17)13(21)18-15(7-12(19)20)4-5-23-8-15/h2-3,6,14H,4-5,7-8H2,1H3,(H,18,21)(H,19,20). The summed E-state index contributed by atoms with van der Waals surface area (Å²) < 4.78 is 39.1. The summed E-state index contributed by atoms with van der Waals surface area (Å²) in [5.41, 5.74) is -0.862. The molecule has 1 fully saturated rings. The van der Waals surface area contributed by atoms with Gasteiger partial charge in [-0.05, 0) is 24.6 Å². The fraction of sp³-hybridized carbons (Fsp3) is 0.467. The normalized spacial score (nSPS) is 20.0. The summed E-state index contributed by atoms with van der Waals surface area (Å²) in [6.45, 7) is -2.58. The van der Waals surface area contributed by atoms with Gasteiger partial charge in [-0.2, -0.15) is 8.78 Å². The number of amides is 1. The van der Waals surface area contributed by atoms with E-state index in [1.165, 1.54) is 25.3 Å². The summed E-state index contributed by atoms with van der Waals surface area (Å²) in [5, 5.41) is 11.7. The molecule has 0 aliphatic carbocycles. The summed E-state index contributed by atoms with van der Waals surface area (Å²) in [6, 6.07) is 3.73. The minimum Gasteiger partial charge on any atom is -0.493 e. The molecular weight excluding hydrogens is 328 g/mol. The molecule has 0 saturated carbocycles. The van der Waals surface area contributed by atoms with Crippen LogP contribution in [0.25, 0.3) is 0 Å². The molecule has 1 aliphatic heterocycles. The highest BCUT2D eigenvalue weighted by Gasteiger charge is 2.38. The monoisotopic (exact) mass is 345 g/mol. The molecule has 0 spiro atoms. The van der Waals surface area contributed by atoms with Crippen molar-refractivity contribution >= 4 is 11.9 Å². The minimum absolute atomic E-state index is 0.0297. The predicted octanol–water partition coefficient (Wildman–Crippen LogP) is 1.66. The van der Waals surface area contributed by atoms with Crippen molar-refractivity contribution in [3.63, 3.8) is 0 Å². The van der Waals surface area contributed by atoms with Crippen LogP contribution >= 0.6 is 0 Å². The number of carboxylic acid groups (broad SMARTS) is 1. The van der Waals surface area contributed by atoms with E-state index in [9.17, 15) is 18.4 Å². The summed E-state index contributed by atoms with van der Waals surface area (Å²) in [5.74, 6) is -1.84. The zero-order chi connectivity index (χ0) is 17.7. The van der Waals surface area contributed by atoms with Gasteiger partial charge in [-0.1, -0.05) is 0 Å². The van der Waals surface area contributed by atoms with Gasteiger partial charge in [0.15, 0.2) is 11.5 Å². The number of aliphatic carboxylic acids is 1. The second-order valence-corrected chi connectivity index (χ2v) is 5.35. The van der Waals surface area contributed by atoms with Crippen LogP contribution in [0.1, 0.15) is 23.2 Å². The van der Waals surface area contributed by atoms with E-state index in [0.29, 0.717) is 13.0 Å². The summed E-state index contributed by atoms with van der Waals surface area (Å²) >= 11 is 0. The molecule has 24 heavy (non-hydrogen) atoms. The highest BCUT2D eigenvalue weighted by molar-refractivity contribution is 5.95. The highest BCUT2D eigenvalue weighted by atomic mass is 19.3. The molecule has 1 atom stereocenters. The van der Waals surface area contributed by atoms with E-state index in [0.717, 1.165) is 0 Å². The van der Waals surface area contributed by atoms with Crippen LogP contribution in [0, 0.1) is 0 Å². The number of ether oxygens (including phenoxy) is 3. The van der Waals surface area contributed by atoms with Crippen LogP contribution in [-0.2, 0) is 9.53 Å². The Morgan fingerprint density at radius 1 is 1.42 bits per heavy atom. The quantitative estimate of drug-likeness (QED) is 0.781. The third-order valence-corrected chi connectivity index (χ3v) is 3.61. The topological polar surface area (TPSA) is 94.1 Å². The number of benzene rings is 1. The molecular formula is C15H17F2NO6. The lowest BCUT2D eigenvalue weighted by Gasteiger charge is -2.27.